The predicted octanol–water partition coefficient (Wildman–Crippen LogP) is 2.25. The summed E-state index contributed by atoms with van der Waals surface area (Å²) >= 11 is 0. The maximum atomic E-state index is 12.6. The Morgan fingerprint density at radius 2 is 1.31 bits per heavy atom. The average Bonchev–Trinajstić information content (AvgIpc) is 2.67. The summed E-state index contributed by atoms with van der Waals surface area (Å²) in [6, 6.07) is 6.92. The summed E-state index contributed by atoms with van der Waals surface area (Å²) in [7, 11) is 0. The number of amides is 3. The van der Waals surface area contributed by atoms with E-state index in [-0.39, 0.29) is 17.7 Å². The Kier molecular flexibility index (Phi) is 7.18. The van der Waals surface area contributed by atoms with E-state index in [1.54, 1.807) is 41.0 Å². The van der Waals surface area contributed by atoms with Gasteiger partial charge in [-0.3, -0.25) is 14.4 Å². The number of nitrogens with zero attached hydrogens (tertiary/aromatic N) is 3. The second kappa shape index (κ2) is 9.36. The Hall–Kier alpha value is -2.37. The van der Waals surface area contributed by atoms with Crippen molar-refractivity contribution in [1.82, 2.24) is 14.7 Å². The van der Waals surface area contributed by atoms with Gasteiger partial charge in [-0.15, -0.1) is 0 Å². The Balaban J connectivity index is 2.01. The molecule has 0 N–H and O–H groups in total. The number of rotatable bonds is 6. The fourth-order valence-electron chi connectivity index (χ4n) is 3.20. The third kappa shape index (κ3) is 4.84. The van der Waals surface area contributed by atoms with E-state index in [1.807, 2.05) is 4.90 Å². The van der Waals surface area contributed by atoms with Gasteiger partial charge < -0.3 is 14.7 Å². The van der Waals surface area contributed by atoms with E-state index in [9.17, 15) is 14.4 Å². The van der Waals surface area contributed by atoms with Gasteiger partial charge >= 0.3 is 0 Å². The molecule has 1 aliphatic heterocycles. The van der Waals surface area contributed by atoms with E-state index in [1.165, 1.54) is 0 Å². The van der Waals surface area contributed by atoms with Gasteiger partial charge in [0.05, 0.1) is 0 Å². The molecule has 0 saturated carbocycles. The van der Waals surface area contributed by atoms with Crippen LogP contribution in [0, 0.1) is 0 Å². The number of hydrogen-bond donors (Lipinski definition) is 0. The molecule has 1 heterocycles. The molecule has 0 unspecified atom stereocenters. The third-order valence-corrected chi connectivity index (χ3v) is 4.67. The van der Waals surface area contributed by atoms with Crippen molar-refractivity contribution in [2.24, 2.45) is 0 Å². The molecule has 0 spiro atoms. The fraction of sp³-hybridized carbons (Fsp3) is 0.550. The minimum atomic E-state index is -0.0498. The van der Waals surface area contributed by atoms with Crippen molar-refractivity contribution >= 4 is 17.7 Å². The topological polar surface area (TPSA) is 60.9 Å². The molecule has 1 fully saturated rings. The van der Waals surface area contributed by atoms with Crippen LogP contribution in [0.4, 0.5) is 0 Å². The van der Waals surface area contributed by atoms with Crippen LogP contribution in [-0.4, -0.2) is 71.7 Å². The number of carbonyl (C=O) groups excluding carboxylic acids is 3. The molecule has 1 saturated heterocycles. The Morgan fingerprint density at radius 1 is 0.846 bits per heavy atom. The molecule has 0 radical (unpaired) electrons. The van der Waals surface area contributed by atoms with Crippen LogP contribution in [0.1, 0.15) is 54.3 Å². The van der Waals surface area contributed by atoms with E-state index >= 15 is 0 Å². The average molecular weight is 359 g/mol. The zero-order valence-electron chi connectivity index (χ0n) is 16.0. The third-order valence-electron chi connectivity index (χ3n) is 4.67. The van der Waals surface area contributed by atoms with Crippen molar-refractivity contribution in [2.75, 3.05) is 39.3 Å². The summed E-state index contributed by atoms with van der Waals surface area (Å²) in [4.78, 5) is 42.0. The largest absolute Gasteiger partial charge is 0.339 e. The molecule has 1 aromatic carbocycles. The monoisotopic (exact) mass is 359 g/mol. The lowest BCUT2D eigenvalue weighted by Crippen LogP contribution is -2.50. The van der Waals surface area contributed by atoms with Crippen molar-refractivity contribution in [3.8, 4) is 0 Å². The predicted molar refractivity (Wildman–Crippen MR) is 101 cm³/mol. The van der Waals surface area contributed by atoms with Crippen LogP contribution in [0.5, 0.6) is 0 Å². The smallest absolute Gasteiger partial charge is 0.253 e. The molecule has 0 aromatic heterocycles. The molecule has 1 aliphatic rings. The number of piperazine rings is 1. The Labute approximate surface area is 155 Å². The maximum absolute atomic E-state index is 12.6. The van der Waals surface area contributed by atoms with Crippen molar-refractivity contribution < 1.29 is 14.4 Å². The maximum Gasteiger partial charge on any atom is 0.253 e. The lowest BCUT2D eigenvalue weighted by atomic mass is 10.1. The molecule has 3 amide bonds. The van der Waals surface area contributed by atoms with Crippen LogP contribution in [-0.2, 0) is 4.79 Å². The van der Waals surface area contributed by atoms with Crippen LogP contribution >= 0.6 is 0 Å². The summed E-state index contributed by atoms with van der Waals surface area (Å²) in [5.74, 6) is 0.0117. The van der Waals surface area contributed by atoms with Gasteiger partial charge in [-0.1, -0.05) is 13.8 Å². The first kappa shape index (κ1) is 19.9. The van der Waals surface area contributed by atoms with E-state index < -0.39 is 0 Å². The molecule has 6 nitrogen and oxygen atoms in total. The van der Waals surface area contributed by atoms with Gasteiger partial charge in [0, 0.05) is 57.3 Å². The van der Waals surface area contributed by atoms with Crippen LogP contribution in [0.25, 0.3) is 0 Å². The number of carbonyl (C=O) groups is 3. The molecular weight excluding hydrogens is 330 g/mol. The van der Waals surface area contributed by atoms with E-state index in [4.69, 9.17) is 0 Å². The standard InChI is InChI=1S/C20H29N3O3/c1-4-10-22(11-5-2)19(25)17-6-8-18(9-7-17)20(26)23-14-12-21(13-15-23)16(3)24/h6-9H,4-5,10-15H2,1-3H3. The molecule has 26 heavy (non-hydrogen) atoms. The lowest BCUT2D eigenvalue weighted by Gasteiger charge is -2.34. The van der Waals surface area contributed by atoms with Gasteiger partial charge in [0.2, 0.25) is 5.91 Å². The second-order valence-electron chi connectivity index (χ2n) is 6.67. The van der Waals surface area contributed by atoms with Crippen LogP contribution in [0.15, 0.2) is 24.3 Å². The van der Waals surface area contributed by atoms with E-state index in [0.29, 0.717) is 37.3 Å². The first-order valence-electron chi connectivity index (χ1n) is 9.42. The molecule has 0 atom stereocenters. The van der Waals surface area contributed by atoms with Crippen LogP contribution < -0.4 is 0 Å². The highest BCUT2D eigenvalue weighted by molar-refractivity contribution is 5.98. The van der Waals surface area contributed by atoms with Gasteiger partial charge in [-0.05, 0) is 37.1 Å². The number of hydrogen-bond acceptors (Lipinski definition) is 3. The minimum absolute atomic E-state index is 0.0165. The first-order chi connectivity index (χ1) is 12.5. The molecule has 0 aliphatic carbocycles. The zero-order chi connectivity index (χ0) is 19.1. The minimum Gasteiger partial charge on any atom is -0.339 e. The Bertz CT molecular complexity index is 628. The molecule has 6 heteroatoms. The zero-order valence-corrected chi connectivity index (χ0v) is 16.0. The van der Waals surface area contributed by atoms with Crippen molar-refractivity contribution in [2.45, 2.75) is 33.6 Å². The first-order valence-corrected chi connectivity index (χ1v) is 9.42. The second-order valence-corrected chi connectivity index (χ2v) is 6.67. The van der Waals surface area contributed by atoms with Crippen LogP contribution in [0.2, 0.25) is 0 Å². The Morgan fingerprint density at radius 3 is 1.77 bits per heavy atom. The number of benzene rings is 1. The molecule has 2 rings (SSSR count). The highest BCUT2D eigenvalue weighted by atomic mass is 16.2. The van der Waals surface area contributed by atoms with Crippen LogP contribution in [0.3, 0.4) is 0 Å². The summed E-state index contributed by atoms with van der Waals surface area (Å²) in [6.45, 7) is 9.38. The highest BCUT2D eigenvalue weighted by Crippen LogP contribution is 2.13. The van der Waals surface area contributed by atoms with Gasteiger partial charge in [0.1, 0.15) is 0 Å². The molecular formula is C20H29N3O3. The van der Waals surface area contributed by atoms with E-state index in [0.717, 1.165) is 25.9 Å². The van der Waals surface area contributed by atoms with Gasteiger partial charge in [0.15, 0.2) is 0 Å². The van der Waals surface area contributed by atoms with Gasteiger partial charge in [0.25, 0.3) is 11.8 Å². The molecule has 0 bridgehead atoms. The normalized spacial score (nSPS) is 14.3. The van der Waals surface area contributed by atoms with Gasteiger partial charge in [-0.25, -0.2) is 0 Å². The summed E-state index contributed by atoms with van der Waals surface area (Å²) in [6.07, 6.45) is 1.85. The quantitative estimate of drug-likeness (QED) is 0.783. The summed E-state index contributed by atoms with van der Waals surface area (Å²) in [5, 5.41) is 0. The molecule has 1 aromatic rings. The lowest BCUT2D eigenvalue weighted by molar-refractivity contribution is -0.130. The van der Waals surface area contributed by atoms with Crippen molar-refractivity contribution in [1.29, 1.82) is 0 Å². The molecule has 142 valence electrons. The summed E-state index contributed by atoms with van der Waals surface area (Å²) < 4.78 is 0. The highest BCUT2D eigenvalue weighted by Gasteiger charge is 2.23. The SMILES string of the molecule is CCCN(CCC)C(=O)c1ccc(C(=O)N2CCN(C(C)=O)CC2)cc1. The van der Waals surface area contributed by atoms with Crippen molar-refractivity contribution in [3.05, 3.63) is 35.4 Å². The van der Waals surface area contributed by atoms with Crippen molar-refractivity contribution in [3.63, 3.8) is 0 Å². The van der Waals surface area contributed by atoms with E-state index in [2.05, 4.69) is 13.8 Å². The fourth-order valence-corrected chi connectivity index (χ4v) is 3.20. The van der Waals surface area contributed by atoms with Gasteiger partial charge in [-0.2, -0.15) is 0 Å². The summed E-state index contributed by atoms with van der Waals surface area (Å²) in [5.41, 5.74) is 1.19.